The second kappa shape index (κ2) is 6.83. The van der Waals surface area contributed by atoms with Gasteiger partial charge in [0.05, 0.1) is 30.0 Å². The van der Waals surface area contributed by atoms with E-state index in [9.17, 15) is 0 Å². The van der Waals surface area contributed by atoms with Gasteiger partial charge in [0.25, 0.3) is 0 Å². The maximum Gasteiger partial charge on any atom is 0.161 e. The first-order chi connectivity index (χ1) is 10.0. The third-order valence-corrected chi connectivity index (χ3v) is 3.77. The highest BCUT2D eigenvalue weighted by atomic mass is 35.5. The minimum absolute atomic E-state index is 0.482. The maximum atomic E-state index is 5.97. The van der Waals surface area contributed by atoms with Gasteiger partial charge in [-0.25, -0.2) is 0 Å². The van der Waals surface area contributed by atoms with Crippen molar-refractivity contribution in [1.29, 1.82) is 0 Å². The molecule has 0 heterocycles. The fraction of sp³-hybridized carbons (Fsp3) is 0.188. The van der Waals surface area contributed by atoms with Crippen LogP contribution >= 0.6 is 23.2 Å². The Morgan fingerprint density at radius 1 is 0.952 bits per heavy atom. The molecule has 0 atom stereocenters. The molecule has 0 radical (unpaired) electrons. The van der Waals surface area contributed by atoms with Crippen LogP contribution in [0.25, 0.3) is 0 Å². The van der Waals surface area contributed by atoms with Crippen LogP contribution in [0.15, 0.2) is 35.3 Å². The van der Waals surface area contributed by atoms with Crippen LogP contribution < -0.4 is 9.47 Å². The van der Waals surface area contributed by atoms with Gasteiger partial charge in [-0.15, -0.1) is 0 Å². The number of nitrogens with zero attached hydrogens (tertiary/aromatic N) is 1. The van der Waals surface area contributed by atoms with E-state index in [0.717, 1.165) is 16.8 Å². The Kier molecular flexibility index (Phi) is 5.10. The molecule has 0 unspecified atom stereocenters. The van der Waals surface area contributed by atoms with E-state index in [1.165, 1.54) is 0 Å². The Morgan fingerprint density at radius 2 is 1.62 bits per heavy atom. The smallest absolute Gasteiger partial charge is 0.161 e. The number of methoxy groups -OCH3 is 2. The molecule has 2 aromatic rings. The Labute approximate surface area is 134 Å². The van der Waals surface area contributed by atoms with Gasteiger partial charge in [-0.3, -0.25) is 4.99 Å². The molecule has 0 aliphatic heterocycles. The summed E-state index contributed by atoms with van der Waals surface area (Å²) in [7, 11) is 3.22. The molecule has 21 heavy (non-hydrogen) atoms. The number of hydrogen-bond acceptors (Lipinski definition) is 3. The Bertz CT molecular complexity index is 684. The van der Waals surface area contributed by atoms with E-state index in [1.54, 1.807) is 38.6 Å². The number of halogens is 2. The van der Waals surface area contributed by atoms with E-state index in [0.29, 0.717) is 21.5 Å². The van der Waals surface area contributed by atoms with E-state index in [2.05, 4.69) is 4.99 Å². The van der Waals surface area contributed by atoms with Crippen molar-refractivity contribution >= 4 is 35.1 Å². The van der Waals surface area contributed by atoms with Crippen molar-refractivity contribution in [1.82, 2.24) is 0 Å². The van der Waals surface area contributed by atoms with Gasteiger partial charge in [0.15, 0.2) is 11.5 Å². The number of benzene rings is 2. The highest BCUT2D eigenvalue weighted by molar-refractivity contribution is 6.42. The summed E-state index contributed by atoms with van der Waals surface area (Å²) >= 11 is 11.9. The number of rotatable bonds is 4. The average molecular weight is 324 g/mol. The van der Waals surface area contributed by atoms with Crippen molar-refractivity contribution in [3.63, 3.8) is 0 Å². The zero-order chi connectivity index (χ0) is 15.4. The summed E-state index contributed by atoms with van der Waals surface area (Å²) in [6.45, 7) is 1.98. The molecule has 0 amide bonds. The molecule has 0 bridgehead atoms. The topological polar surface area (TPSA) is 30.8 Å². The van der Waals surface area contributed by atoms with Crippen molar-refractivity contribution in [3.8, 4) is 11.5 Å². The summed E-state index contributed by atoms with van der Waals surface area (Å²) in [6, 6.07) is 9.04. The minimum atomic E-state index is 0.482. The predicted octanol–water partition coefficient (Wildman–Crippen LogP) is 5.07. The van der Waals surface area contributed by atoms with E-state index < -0.39 is 0 Å². The van der Waals surface area contributed by atoms with Crippen LogP contribution in [-0.2, 0) is 0 Å². The summed E-state index contributed by atoms with van der Waals surface area (Å²) in [5.74, 6) is 1.36. The second-order valence-electron chi connectivity index (χ2n) is 4.42. The SMILES string of the molecule is COc1cc(C)c(C=Nc2ccc(Cl)c(Cl)c2)cc1OC. The third-order valence-electron chi connectivity index (χ3n) is 3.03. The zero-order valence-electron chi connectivity index (χ0n) is 12.0. The monoisotopic (exact) mass is 323 g/mol. The molecule has 2 aromatic carbocycles. The minimum Gasteiger partial charge on any atom is -0.493 e. The van der Waals surface area contributed by atoms with E-state index >= 15 is 0 Å². The molecule has 0 saturated heterocycles. The highest BCUT2D eigenvalue weighted by Gasteiger charge is 2.07. The molecule has 3 nitrogen and oxygen atoms in total. The van der Waals surface area contributed by atoms with Crippen LogP contribution in [0.1, 0.15) is 11.1 Å². The number of hydrogen-bond donors (Lipinski definition) is 0. The molecule has 5 heteroatoms. The Morgan fingerprint density at radius 3 is 2.24 bits per heavy atom. The average Bonchev–Trinajstić information content (AvgIpc) is 2.49. The third kappa shape index (κ3) is 3.69. The molecular weight excluding hydrogens is 309 g/mol. The summed E-state index contributed by atoms with van der Waals surface area (Å²) in [6.07, 6.45) is 1.76. The van der Waals surface area contributed by atoms with Crippen molar-refractivity contribution in [2.75, 3.05) is 14.2 Å². The molecule has 0 aromatic heterocycles. The number of aryl methyl sites for hydroxylation is 1. The van der Waals surface area contributed by atoms with Gasteiger partial charge in [-0.1, -0.05) is 23.2 Å². The van der Waals surface area contributed by atoms with E-state index in [4.69, 9.17) is 32.7 Å². The molecule has 0 fully saturated rings. The zero-order valence-corrected chi connectivity index (χ0v) is 13.5. The molecule has 0 aliphatic carbocycles. The van der Waals surface area contributed by atoms with Crippen molar-refractivity contribution in [2.24, 2.45) is 4.99 Å². The van der Waals surface area contributed by atoms with Crippen LogP contribution in [0.4, 0.5) is 5.69 Å². The van der Waals surface area contributed by atoms with Crippen LogP contribution in [-0.4, -0.2) is 20.4 Å². The Hall–Kier alpha value is -1.71. The van der Waals surface area contributed by atoms with Crippen LogP contribution in [0.3, 0.4) is 0 Å². The van der Waals surface area contributed by atoms with Crippen molar-refractivity contribution in [3.05, 3.63) is 51.5 Å². The molecule has 0 spiro atoms. The molecule has 0 aliphatic rings. The van der Waals surface area contributed by atoms with Crippen molar-refractivity contribution < 1.29 is 9.47 Å². The lowest BCUT2D eigenvalue weighted by molar-refractivity contribution is 0.354. The van der Waals surface area contributed by atoms with Crippen LogP contribution in [0.5, 0.6) is 11.5 Å². The molecule has 0 N–H and O–H groups in total. The highest BCUT2D eigenvalue weighted by Crippen LogP contribution is 2.30. The normalized spacial score (nSPS) is 10.9. The van der Waals surface area contributed by atoms with Gasteiger partial charge in [0.1, 0.15) is 0 Å². The van der Waals surface area contributed by atoms with E-state index in [-0.39, 0.29) is 0 Å². The molecule has 0 saturated carbocycles. The molecule has 2 rings (SSSR count). The molecular formula is C16H15Cl2NO2. The first-order valence-corrected chi connectivity index (χ1v) is 7.02. The first kappa shape index (κ1) is 15.7. The first-order valence-electron chi connectivity index (χ1n) is 6.27. The van der Waals surface area contributed by atoms with E-state index in [1.807, 2.05) is 19.1 Å². The lowest BCUT2D eigenvalue weighted by Crippen LogP contribution is -1.95. The summed E-state index contributed by atoms with van der Waals surface area (Å²) in [5.41, 5.74) is 2.72. The Balaban J connectivity index is 2.34. The molecule has 110 valence electrons. The van der Waals surface area contributed by atoms with Crippen molar-refractivity contribution in [2.45, 2.75) is 6.92 Å². The summed E-state index contributed by atoms with van der Waals surface area (Å²) in [5, 5.41) is 0.994. The summed E-state index contributed by atoms with van der Waals surface area (Å²) < 4.78 is 10.6. The van der Waals surface area contributed by atoms with Gasteiger partial charge in [-0.05, 0) is 48.4 Å². The predicted molar refractivity (Wildman–Crippen MR) is 88.0 cm³/mol. The van der Waals surface area contributed by atoms with Gasteiger partial charge < -0.3 is 9.47 Å². The number of aliphatic imine (C=N–C) groups is 1. The van der Waals surface area contributed by atoms with Gasteiger partial charge >= 0.3 is 0 Å². The van der Waals surface area contributed by atoms with Crippen LogP contribution in [0.2, 0.25) is 10.0 Å². The fourth-order valence-electron chi connectivity index (χ4n) is 1.84. The maximum absolute atomic E-state index is 5.97. The van der Waals surface area contributed by atoms with Gasteiger partial charge in [0, 0.05) is 6.21 Å². The quantitative estimate of drug-likeness (QED) is 0.735. The second-order valence-corrected chi connectivity index (χ2v) is 5.23. The lowest BCUT2D eigenvalue weighted by atomic mass is 10.1. The van der Waals surface area contributed by atoms with Gasteiger partial charge in [0.2, 0.25) is 0 Å². The lowest BCUT2D eigenvalue weighted by Gasteiger charge is -2.10. The number of ether oxygens (including phenoxy) is 2. The summed E-state index contributed by atoms with van der Waals surface area (Å²) in [4.78, 5) is 4.41. The van der Waals surface area contributed by atoms with Gasteiger partial charge in [-0.2, -0.15) is 0 Å². The standard InChI is InChI=1S/C16H15Cl2NO2/c1-10-6-15(20-2)16(21-3)7-11(10)9-19-12-4-5-13(17)14(18)8-12/h4-9H,1-3H3. The fourth-order valence-corrected chi connectivity index (χ4v) is 2.14. The largest absolute Gasteiger partial charge is 0.493 e. The van der Waals surface area contributed by atoms with Crippen LogP contribution in [0, 0.1) is 6.92 Å².